The molecule has 0 amide bonds. The maximum Gasteiger partial charge on any atom is 0.414 e. The number of methoxy groups -OCH3 is 3. The molecule has 2 aromatic rings. The van der Waals surface area contributed by atoms with Gasteiger partial charge in [-0.05, 0) is 11.6 Å². The number of aliphatic carboxylic acids is 2. The second-order valence-electron chi connectivity index (χ2n) is 7.61. The van der Waals surface area contributed by atoms with E-state index in [0.29, 0.717) is 11.5 Å². The Morgan fingerprint density at radius 3 is 1.71 bits per heavy atom. The van der Waals surface area contributed by atoms with Crippen LogP contribution in [0.15, 0.2) is 36.4 Å². The maximum absolute atomic E-state index is 10.8. The number of rotatable bonds is 8. The van der Waals surface area contributed by atoms with E-state index in [-0.39, 0.29) is 10.6 Å². The number of non-ortho nitro benzene ring substituents is 1. The van der Waals surface area contributed by atoms with E-state index in [1.165, 1.54) is 0 Å². The minimum atomic E-state index is -1.82. The Kier molecular flexibility index (Phi) is 10.2. The maximum atomic E-state index is 10.8. The van der Waals surface area contributed by atoms with Crippen molar-refractivity contribution in [1.29, 1.82) is 0 Å². The molecule has 3 rings (SSSR count). The summed E-state index contributed by atoms with van der Waals surface area (Å²) >= 11 is 0. The zero-order valence-electron chi connectivity index (χ0n) is 19.8. The molecule has 1 fully saturated rings. The van der Waals surface area contributed by atoms with E-state index in [1.807, 2.05) is 24.3 Å². The van der Waals surface area contributed by atoms with Gasteiger partial charge in [0.05, 0.1) is 26.3 Å². The Balaban J connectivity index is 0.000000641. The molecule has 1 heterocycles. The van der Waals surface area contributed by atoms with Gasteiger partial charge in [0, 0.05) is 63.0 Å². The first kappa shape index (κ1) is 27.3. The summed E-state index contributed by atoms with van der Waals surface area (Å²) < 4.78 is 16.3. The molecular weight excluding hydrogens is 462 g/mol. The second-order valence-corrected chi connectivity index (χ2v) is 7.61. The minimum absolute atomic E-state index is 0.127. The number of nitrogens with zero attached hydrogens (tertiary/aromatic N) is 3. The van der Waals surface area contributed by atoms with E-state index < -0.39 is 11.9 Å². The fourth-order valence-electron chi connectivity index (χ4n) is 3.54. The Morgan fingerprint density at radius 1 is 0.829 bits per heavy atom. The Labute approximate surface area is 202 Å². The number of nitro groups is 1. The van der Waals surface area contributed by atoms with E-state index in [2.05, 4.69) is 9.80 Å². The summed E-state index contributed by atoms with van der Waals surface area (Å²) in [5.41, 5.74) is 2.28. The molecule has 190 valence electrons. The summed E-state index contributed by atoms with van der Waals surface area (Å²) in [6, 6.07) is 10.6. The van der Waals surface area contributed by atoms with E-state index in [1.54, 1.807) is 33.5 Å². The lowest BCUT2D eigenvalue weighted by Gasteiger charge is -2.35. The van der Waals surface area contributed by atoms with Crippen LogP contribution in [0.5, 0.6) is 17.2 Å². The van der Waals surface area contributed by atoms with Gasteiger partial charge in [-0.15, -0.1) is 0 Å². The number of nitro benzene ring substituents is 1. The average Bonchev–Trinajstić information content (AvgIpc) is 2.85. The van der Waals surface area contributed by atoms with Gasteiger partial charge in [0.15, 0.2) is 11.5 Å². The van der Waals surface area contributed by atoms with Crippen LogP contribution >= 0.6 is 0 Å². The highest BCUT2D eigenvalue weighted by molar-refractivity contribution is 6.27. The quantitative estimate of drug-likeness (QED) is 0.317. The molecule has 1 saturated heterocycles. The van der Waals surface area contributed by atoms with Crippen molar-refractivity contribution in [3.8, 4) is 17.2 Å². The van der Waals surface area contributed by atoms with Crippen molar-refractivity contribution >= 4 is 17.6 Å². The summed E-state index contributed by atoms with van der Waals surface area (Å²) in [5.74, 6) is -1.51. The van der Waals surface area contributed by atoms with Gasteiger partial charge in [-0.25, -0.2) is 9.59 Å². The van der Waals surface area contributed by atoms with Crippen molar-refractivity contribution in [1.82, 2.24) is 9.80 Å². The summed E-state index contributed by atoms with van der Waals surface area (Å²) in [4.78, 5) is 33.4. The van der Waals surface area contributed by atoms with Gasteiger partial charge in [-0.2, -0.15) is 0 Å². The fraction of sp³-hybridized carbons (Fsp3) is 0.391. The van der Waals surface area contributed by atoms with Crippen molar-refractivity contribution in [2.45, 2.75) is 13.1 Å². The smallest absolute Gasteiger partial charge is 0.414 e. The van der Waals surface area contributed by atoms with Crippen LogP contribution in [0.1, 0.15) is 11.1 Å². The van der Waals surface area contributed by atoms with Gasteiger partial charge in [0.1, 0.15) is 5.75 Å². The summed E-state index contributed by atoms with van der Waals surface area (Å²) in [6.07, 6.45) is 0. The van der Waals surface area contributed by atoms with Gasteiger partial charge < -0.3 is 24.4 Å². The molecule has 1 aliphatic rings. The third-order valence-electron chi connectivity index (χ3n) is 5.38. The highest BCUT2D eigenvalue weighted by atomic mass is 16.6. The molecule has 0 bridgehead atoms. The average molecular weight is 491 g/mol. The van der Waals surface area contributed by atoms with E-state index >= 15 is 0 Å². The summed E-state index contributed by atoms with van der Waals surface area (Å²) in [6.45, 7) is 5.31. The lowest BCUT2D eigenvalue weighted by Crippen LogP contribution is -2.45. The van der Waals surface area contributed by atoms with Crippen LogP contribution in [0.25, 0.3) is 0 Å². The van der Waals surface area contributed by atoms with Crippen LogP contribution in [-0.2, 0) is 22.7 Å². The standard InChI is InChI=1S/C21H27N3O5.C2H2O4/c1-27-19-13-21(29-3)20(28-2)12-17(19)15-23-10-8-22(9-11-23)14-16-4-6-18(7-5-16)24(25)26;3-1(4)2(5)6/h4-7,12-13H,8-11,14-15H2,1-3H3;(H,3,4)(H,5,6). The molecule has 0 atom stereocenters. The van der Waals surface area contributed by atoms with Crippen LogP contribution < -0.4 is 14.2 Å². The normalized spacial score (nSPS) is 13.8. The van der Waals surface area contributed by atoms with Crippen LogP contribution in [-0.4, -0.2) is 84.4 Å². The van der Waals surface area contributed by atoms with Crippen LogP contribution in [0.4, 0.5) is 5.69 Å². The number of ether oxygens (including phenoxy) is 3. The van der Waals surface area contributed by atoms with Crippen molar-refractivity contribution in [2.75, 3.05) is 47.5 Å². The highest BCUT2D eigenvalue weighted by Crippen LogP contribution is 2.35. The number of carboxylic acid groups (broad SMARTS) is 2. The zero-order valence-corrected chi connectivity index (χ0v) is 19.8. The Hall–Kier alpha value is -3.90. The van der Waals surface area contributed by atoms with Crippen molar-refractivity contribution in [2.24, 2.45) is 0 Å². The van der Waals surface area contributed by atoms with Gasteiger partial charge in [-0.1, -0.05) is 12.1 Å². The van der Waals surface area contributed by atoms with Crippen LogP contribution in [0.3, 0.4) is 0 Å². The van der Waals surface area contributed by atoms with Crippen molar-refractivity contribution < 1.29 is 38.9 Å². The molecular formula is C23H29N3O9. The summed E-state index contributed by atoms with van der Waals surface area (Å²) in [7, 11) is 4.90. The van der Waals surface area contributed by atoms with Gasteiger partial charge in [0.25, 0.3) is 5.69 Å². The van der Waals surface area contributed by atoms with E-state index in [9.17, 15) is 10.1 Å². The predicted molar refractivity (Wildman–Crippen MR) is 125 cm³/mol. The molecule has 0 aromatic heterocycles. The monoisotopic (exact) mass is 491 g/mol. The number of hydrogen-bond donors (Lipinski definition) is 2. The number of carbonyl (C=O) groups is 2. The van der Waals surface area contributed by atoms with Crippen LogP contribution in [0.2, 0.25) is 0 Å². The van der Waals surface area contributed by atoms with Crippen molar-refractivity contribution in [3.05, 3.63) is 57.6 Å². The topological polar surface area (TPSA) is 152 Å². The zero-order chi connectivity index (χ0) is 26.0. The molecule has 12 nitrogen and oxygen atoms in total. The molecule has 1 aliphatic heterocycles. The lowest BCUT2D eigenvalue weighted by molar-refractivity contribution is -0.384. The lowest BCUT2D eigenvalue weighted by atomic mass is 10.1. The van der Waals surface area contributed by atoms with Gasteiger partial charge in [-0.3, -0.25) is 19.9 Å². The molecule has 2 N–H and O–H groups in total. The fourth-order valence-corrected chi connectivity index (χ4v) is 3.54. The SMILES string of the molecule is COc1cc(OC)c(OC)cc1CN1CCN(Cc2ccc([N+](=O)[O-])cc2)CC1.O=C(O)C(=O)O. The highest BCUT2D eigenvalue weighted by Gasteiger charge is 2.20. The minimum Gasteiger partial charge on any atom is -0.496 e. The second kappa shape index (κ2) is 13.1. The molecule has 0 saturated carbocycles. The van der Waals surface area contributed by atoms with Gasteiger partial charge >= 0.3 is 11.9 Å². The first-order valence-electron chi connectivity index (χ1n) is 10.6. The van der Waals surface area contributed by atoms with Crippen molar-refractivity contribution in [3.63, 3.8) is 0 Å². The first-order chi connectivity index (χ1) is 16.7. The third kappa shape index (κ3) is 8.12. The molecule has 12 heteroatoms. The molecule has 0 radical (unpaired) electrons. The van der Waals surface area contributed by atoms with E-state index in [4.69, 9.17) is 34.0 Å². The van der Waals surface area contributed by atoms with Crippen LogP contribution in [0, 0.1) is 10.1 Å². The molecule has 0 unspecified atom stereocenters. The number of piperazine rings is 1. The van der Waals surface area contributed by atoms with Gasteiger partial charge in [0.2, 0.25) is 0 Å². The summed E-state index contributed by atoms with van der Waals surface area (Å²) in [5, 5.41) is 25.6. The molecule has 35 heavy (non-hydrogen) atoms. The Morgan fingerprint density at radius 2 is 1.29 bits per heavy atom. The number of hydrogen-bond acceptors (Lipinski definition) is 9. The number of benzene rings is 2. The predicted octanol–water partition coefficient (Wildman–Crippen LogP) is 2.09. The molecule has 2 aromatic carbocycles. The third-order valence-corrected chi connectivity index (χ3v) is 5.38. The number of carboxylic acids is 2. The molecule has 0 aliphatic carbocycles. The van der Waals surface area contributed by atoms with E-state index in [0.717, 1.165) is 56.1 Å². The largest absolute Gasteiger partial charge is 0.496 e. The molecule has 0 spiro atoms. The first-order valence-corrected chi connectivity index (χ1v) is 10.6. The Bertz CT molecular complexity index is 1010.